The first-order valence-electron chi connectivity index (χ1n) is 12.8. The van der Waals surface area contributed by atoms with E-state index in [9.17, 15) is 29.4 Å². The van der Waals surface area contributed by atoms with E-state index in [0.717, 1.165) is 5.56 Å². The summed E-state index contributed by atoms with van der Waals surface area (Å²) in [5, 5.41) is 24.5. The molecule has 1 aliphatic heterocycles. The number of carboxylic acid groups (broad SMARTS) is 1. The van der Waals surface area contributed by atoms with Crippen molar-refractivity contribution in [1.29, 1.82) is 0 Å². The van der Waals surface area contributed by atoms with E-state index in [1.807, 2.05) is 13.8 Å². The second kappa shape index (κ2) is 13.0. The lowest BCUT2D eigenvalue weighted by molar-refractivity contribution is -0.149. The molecule has 0 spiro atoms. The molecule has 2 heterocycles. The molecule has 0 radical (unpaired) electrons. The molecule has 1 aromatic carbocycles. The summed E-state index contributed by atoms with van der Waals surface area (Å²) in [7, 11) is 0. The smallest absolute Gasteiger partial charge is 0.326 e. The van der Waals surface area contributed by atoms with E-state index < -0.39 is 47.9 Å². The number of carbonyl (C=O) groups is 4. The van der Waals surface area contributed by atoms with Crippen LogP contribution in [0, 0.1) is 5.92 Å². The molecule has 12 nitrogen and oxygen atoms in total. The topological polar surface area (TPSA) is 191 Å². The quantitative estimate of drug-likeness (QED) is 0.227. The van der Waals surface area contributed by atoms with Gasteiger partial charge in [0.25, 0.3) is 0 Å². The molecule has 3 amide bonds. The number of carboxylic acids is 1. The highest BCUT2D eigenvalue weighted by molar-refractivity contribution is 5.94. The first kappa shape index (κ1) is 28.6. The highest BCUT2D eigenvalue weighted by atomic mass is 16.4. The van der Waals surface area contributed by atoms with E-state index in [2.05, 4.69) is 20.6 Å². The second-order valence-corrected chi connectivity index (χ2v) is 9.72. The number of phenols is 1. The predicted octanol–water partition coefficient (Wildman–Crippen LogP) is 0.319. The zero-order valence-electron chi connectivity index (χ0n) is 21.6. The Morgan fingerprint density at radius 3 is 2.47 bits per heavy atom. The van der Waals surface area contributed by atoms with Gasteiger partial charge in [-0.15, -0.1) is 0 Å². The molecule has 3 unspecified atom stereocenters. The molecular formula is C26H36N6O6. The van der Waals surface area contributed by atoms with E-state index >= 15 is 0 Å². The Hall–Kier alpha value is -3.93. The van der Waals surface area contributed by atoms with E-state index in [0.29, 0.717) is 25.0 Å². The highest BCUT2D eigenvalue weighted by Crippen LogP contribution is 2.20. The minimum Gasteiger partial charge on any atom is -0.508 e. The molecule has 206 valence electrons. The molecule has 7 N–H and O–H groups in total. The average Bonchev–Trinajstić information content (AvgIpc) is 3.59. The number of imidazole rings is 1. The number of aromatic hydroxyl groups is 1. The Labute approximate surface area is 221 Å². The van der Waals surface area contributed by atoms with Gasteiger partial charge < -0.3 is 36.5 Å². The van der Waals surface area contributed by atoms with E-state index in [4.69, 9.17) is 5.73 Å². The van der Waals surface area contributed by atoms with Gasteiger partial charge in [-0.2, -0.15) is 0 Å². The number of amides is 3. The number of aromatic nitrogens is 2. The van der Waals surface area contributed by atoms with Crippen LogP contribution in [0.5, 0.6) is 5.75 Å². The summed E-state index contributed by atoms with van der Waals surface area (Å²) >= 11 is 0. The standard InChI is InChI=1S/C26H36N6O6/c1-3-15(2)22(31-23(34)19(27)11-16-6-8-18(33)9-7-16)24(35)30-20(12-17-13-28-14-29-17)25(36)32-10-4-5-21(32)26(37)38/h6-9,13-15,19-22,33H,3-5,10-12,27H2,1-2H3,(H,28,29)(H,30,35)(H,31,34)(H,37,38)/t15?,19?,20?,21-,22+/m1/s1. The molecule has 0 bridgehead atoms. The third kappa shape index (κ3) is 7.31. The molecule has 3 rings (SSSR count). The first-order valence-corrected chi connectivity index (χ1v) is 12.8. The number of benzene rings is 1. The summed E-state index contributed by atoms with van der Waals surface area (Å²) in [5.74, 6) is -2.86. The summed E-state index contributed by atoms with van der Waals surface area (Å²) < 4.78 is 0. The fourth-order valence-corrected chi connectivity index (χ4v) is 4.51. The van der Waals surface area contributed by atoms with Crippen molar-refractivity contribution in [3.8, 4) is 5.75 Å². The van der Waals surface area contributed by atoms with Gasteiger partial charge >= 0.3 is 5.97 Å². The van der Waals surface area contributed by atoms with Gasteiger partial charge in [-0.05, 0) is 42.9 Å². The first-order chi connectivity index (χ1) is 18.1. The van der Waals surface area contributed by atoms with Crippen LogP contribution in [0.4, 0.5) is 0 Å². The number of aliphatic carboxylic acids is 1. The summed E-state index contributed by atoms with van der Waals surface area (Å²) in [6.07, 6.45) is 4.72. The van der Waals surface area contributed by atoms with Gasteiger partial charge in [0.2, 0.25) is 17.7 Å². The number of hydrogen-bond acceptors (Lipinski definition) is 7. The maximum atomic E-state index is 13.5. The van der Waals surface area contributed by atoms with Crippen molar-refractivity contribution in [1.82, 2.24) is 25.5 Å². The maximum absolute atomic E-state index is 13.5. The lowest BCUT2D eigenvalue weighted by Gasteiger charge is -2.30. The van der Waals surface area contributed by atoms with Crippen molar-refractivity contribution < 1.29 is 29.4 Å². The minimum atomic E-state index is -1.09. The van der Waals surface area contributed by atoms with E-state index in [-0.39, 0.29) is 31.1 Å². The third-order valence-corrected chi connectivity index (χ3v) is 6.94. The lowest BCUT2D eigenvalue weighted by Crippen LogP contribution is -2.59. The third-order valence-electron chi connectivity index (χ3n) is 6.94. The van der Waals surface area contributed by atoms with Crippen LogP contribution >= 0.6 is 0 Å². The number of phenolic OH excluding ortho intramolecular Hbond substituents is 1. The van der Waals surface area contributed by atoms with Crippen LogP contribution < -0.4 is 16.4 Å². The van der Waals surface area contributed by atoms with Crippen LogP contribution in [0.2, 0.25) is 0 Å². The van der Waals surface area contributed by atoms with Gasteiger partial charge in [0.15, 0.2) is 0 Å². The van der Waals surface area contributed by atoms with Crippen molar-refractivity contribution in [2.24, 2.45) is 11.7 Å². The molecule has 1 fully saturated rings. The monoisotopic (exact) mass is 528 g/mol. The van der Waals surface area contributed by atoms with E-state index in [1.54, 1.807) is 12.1 Å². The normalized spacial score (nSPS) is 18.3. The fraction of sp³-hybridized carbons (Fsp3) is 0.500. The number of nitrogens with two attached hydrogens (primary N) is 1. The second-order valence-electron chi connectivity index (χ2n) is 9.72. The molecule has 1 aliphatic rings. The average molecular weight is 529 g/mol. The van der Waals surface area contributed by atoms with Crippen LogP contribution in [-0.2, 0) is 32.0 Å². The number of H-pyrrole nitrogens is 1. The summed E-state index contributed by atoms with van der Waals surface area (Å²) in [6, 6.07) is 2.41. The molecule has 12 heteroatoms. The number of nitrogens with one attached hydrogen (secondary N) is 3. The maximum Gasteiger partial charge on any atom is 0.326 e. The number of aromatic amines is 1. The van der Waals surface area contributed by atoms with Crippen molar-refractivity contribution >= 4 is 23.7 Å². The van der Waals surface area contributed by atoms with Gasteiger partial charge in [-0.25, -0.2) is 9.78 Å². The highest BCUT2D eigenvalue weighted by Gasteiger charge is 2.39. The van der Waals surface area contributed by atoms with Crippen LogP contribution in [0.15, 0.2) is 36.8 Å². The molecule has 0 aliphatic carbocycles. The predicted molar refractivity (Wildman–Crippen MR) is 138 cm³/mol. The van der Waals surface area contributed by atoms with Gasteiger partial charge in [0.1, 0.15) is 23.9 Å². The molecule has 2 aromatic rings. The van der Waals surface area contributed by atoms with Gasteiger partial charge in [-0.3, -0.25) is 14.4 Å². The SMILES string of the molecule is CCC(C)[C@H](NC(=O)C(N)Cc1ccc(O)cc1)C(=O)NC(Cc1cnc[nH]1)C(=O)N1CCC[C@@H]1C(=O)O. The van der Waals surface area contributed by atoms with Gasteiger partial charge in [0, 0.05) is 24.9 Å². The molecule has 1 aromatic heterocycles. The van der Waals surface area contributed by atoms with Crippen molar-refractivity contribution in [3.63, 3.8) is 0 Å². The van der Waals surface area contributed by atoms with Crippen molar-refractivity contribution in [2.45, 2.75) is 70.1 Å². The Bertz CT molecular complexity index is 1110. The molecular weight excluding hydrogens is 492 g/mol. The molecule has 1 saturated heterocycles. The molecule has 0 saturated carbocycles. The van der Waals surface area contributed by atoms with Crippen LogP contribution in [0.3, 0.4) is 0 Å². The summed E-state index contributed by atoms with van der Waals surface area (Å²) in [4.78, 5) is 59.7. The number of nitrogens with zero attached hydrogens (tertiary/aromatic N) is 2. The zero-order chi connectivity index (χ0) is 27.8. The van der Waals surface area contributed by atoms with Crippen molar-refractivity contribution in [2.75, 3.05) is 6.54 Å². The van der Waals surface area contributed by atoms with Crippen LogP contribution in [0.1, 0.15) is 44.4 Å². The Balaban J connectivity index is 1.75. The van der Waals surface area contributed by atoms with E-state index in [1.165, 1.54) is 29.6 Å². The van der Waals surface area contributed by atoms with Gasteiger partial charge in [0.05, 0.1) is 12.4 Å². The largest absolute Gasteiger partial charge is 0.508 e. The molecule has 5 atom stereocenters. The fourth-order valence-electron chi connectivity index (χ4n) is 4.51. The number of carbonyl (C=O) groups excluding carboxylic acids is 3. The van der Waals surface area contributed by atoms with Gasteiger partial charge in [-0.1, -0.05) is 32.4 Å². The minimum absolute atomic E-state index is 0.0783. The van der Waals surface area contributed by atoms with Crippen LogP contribution in [-0.4, -0.2) is 79.5 Å². The zero-order valence-corrected chi connectivity index (χ0v) is 21.6. The number of rotatable bonds is 12. The number of likely N-dealkylation sites (tertiary alicyclic amines) is 1. The Kier molecular flexibility index (Phi) is 9.83. The summed E-state index contributed by atoms with van der Waals surface area (Å²) in [6.45, 7) is 3.97. The Morgan fingerprint density at radius 2 is 1.87 bits per heavy atom. The Morgan fingerprint density at radius 1 is 1.16 bits per heavy atom. The number of hydrogen-bond donors (Lipinski definition) is 6. The van der Waals surface area contributed by atoms with Crippen molar-refractivity contribution in [3.05, 3.63) is 48.0 Å². The summed E-state index contributed by atoms with van der Waals surface area (Å²) in [5.41, 5.74) is 7.45. The lowest BCUT2D eigenvalue weighted by atomic mass is 9.96. The van der Waals surface area contributed by atoms with Crippen LogP contribution in [0.25, 0.3) is 0 Å². The molecule has 38 heavy (non-hydrogen) atoms.